The van der Waals surface area contributed by atoms with Gasteiger partial charge in [0.15, 0.2) is 0 Å². The summed E-state index contributed by atoms with van der Waals surface area (Å²) in [4.78, 5) is 21.8. The van der Waals surface area contributed by atoms with E-state index in [-0.39, 0.29) is 17.3 Å². The summed E-state index contributed by atoms with van der Waals surface area (Å²) in [6, 6.07) is 3.11. The van der Waals surface area contributed by atoms with Crippen LogP contribution < -0.4 is 5.32 Å². The van der Waals surface area contributed by atoms with Gasteiger partial charge in [0.25, 0.3) is 5.69 Å². The Hall–Kier alpha value is -1.98. The maximum Gasteiger partial charge on any atom is 0.271 e. The van der Waals surface area contributed by atoms with Crippen LogP contribution in [0.25, 0.3) is 0 Å². The van der Waals surface area contributed by atoms with Crippen molar-refractivity contribution >= 4 is 17.3 Å². The second-order valence-electron chi connectivity index (χ2n) is 5.16. The third-order valence-corrected chi connectivity index (χ3v) is 3.69. The van der Waals surface area contributed by atoms with E-state index in [2.05, 4.69) is 5.32 Å². The van der Waals surface area contributed by atoms with Gasteiger partial charge in [0.1, 0.15) is 5.82 Å². The van der Waals surface area contributed by atoms with E-state index < -0.39 is 10.7 Å². The van der Waals surface area contributed by atoms with Crippen molar-refractivity contribution in [2.45, 2.75) is 38.5 Å². The molecule has 1 aliphatic rings. The molecule has 0 radical (unpaired) electrons. The van der Waals surface area contributed by atoms with E-state index in [0.29, 0.717) is 12.3 Å². The van der Waals surface area contributed by atoms with Gasteiger partial charge in [0.2, 0.25) is 5.91 Å². The highest BCUT2D eigenvalue weighted by Crippen LogP contribution is 2.29. The molecule has 0 heterocycles. The first kappa shape index (κ1) is 14.4. The number of nitrogens with zero attached hydrogens (tertiary/aromatic N) is 1. The molecule has 0 unspecified atom stereocenters. The first-order chi connectivity index (χ1) is 9.56. The number of nitro benzene ring substituents is 1. The van der Waals surface area contributed by atoms with Crippen molar-refractivity contribution in [3.05, 3.63) is 34.1 Å². The molecule has 1 aromatic carbocycles. The number of carbonyl (C=O) groups is 1. The summed E-state index contributed by atoms with van der Waals surface area (Å²) in [5.41, 5.74) is -0.367. The molecular formula is C14H17FN2O3. The van der Waals surface area contributed by atoms with E-state index in [1.807, 2.05) is 0 Å². The topological polar surface area (TPSA) is 72.2 Å². The van der Waals surface area contributed by atoms with Crippen LogP contribution in [0, 0.1) is 21.8 Å². The predicted molar refractivity (Wildman–Crippen MR) is 72.9 cm³/mol. The zero-order valence-electron chi connectivity index (χ0n) is 11.1. The first-order valence-electron chi connectivity index (χ1n) is 6.80. The number of halogens is 1. The molecule has 1 aliphatic carbocycles. The van der Waals surface area contributed by atoms with Gasteiger partial charge >= 0.3 is 0 Å². The Bertz CT molecular complexity index is 513. The van der Waals surface area contributed by atoms with E-state index in [4.69, 9.17) is 0 Å². The fourth-order valence-corrected chi connectivity index (χ4v) is 2.57. The normalized spacial score (nSPS) is 15.2. The molecule has 5 nitrogen and oxygen atoms in total. The molecular weight excluding hydrogens is 263 g/mol. The zero-order valence-corrected chi connectivity index (χ0v) is 11.1. The number of amides is 1. The highest BCUT2D eigenvalue weighted by Gasteiger charge is 2.17. The molecule has 1 N–H and O–H groups in total. The molecule has 2 rings (SSSR count). The molecule has 0 aromatic heterocycles. The van der Waals surface area contributed by atoms with E-state index in [9.17, 15) is 19.3 Å². The molecule has 0 atom stereocenters. The maximum absolute atomic E-state index is 13.5. The maximum atomic E-state index is 13.5. The summed E-state index contributed by atoms with van der Waals surface area (Å²) in [6.07, 6.45) is 5.85. The largest absolute Gasteiger partial charge is 0.323 e. The van der Waals surface area contributed by atoms with Crippen LogP contribution >= 0.6 is 0 Å². The number of carbonyl (C=O) groups excluding carboxylic acids is 1. The monoisotopic (exact) mass is 280 g/mol. The standard InChI is InChI=1S/C14H17FN2O3/c15-12-7-6-11(17(19)20)9-13(12)16-14(18)8-5-10-3-1-2-4-10/h6-7,9-10H,1-5,8H2,(H,16,18). The lowest BCUT2D eigenvalue weighted by Gasteiger charge is -2.09. The fourth-order valence-electron chi connectivity index (χ4n) is 2.57. The Labute approximate surface area is 116 Å². The predicted octanol–water partition coefficient (Wildman–Crippen LogP) is 3.64. The van der Waals surface area contributed by atoms with E-state index >= 15 is 0 Å². The van der Waals surface area contributed by atoms with Gasteiger partial charge in [-0.05, 0) is 18.4 Å². The minimum Gasteiger partial charge on any atom is -0.323 e. The second kappa shape index (κ2) is 6.45. The number of nitrogens with one attached hydrogen (secondary N) is 1. The lowest BCUT2D eigenvalue weighted by molar-refractivity contribution is -0.384. The van der Waals surface area contributed by atoms with Crippen molar-refractivity contribution in [3.63, 3.8) is 0 Å². The Morgan fingerprint density at radius 3 is 2.75 bits per heavy atom. The summed E-state index contributed by atoms with van der Waals surface area (Å²) in [5, 5.41) is 13.0. The van der Waals surface area contributed by atoms with Crippen molar-refractivity contribution in [1.82, 2.24) is 0 Å². The average Bonchev–Trinajstić information content (AvgIpc) is 2.92. The first-order valence-corrected chi connectivity index (χ1v) is 6.80. The van der Waals surface area contributed by atoms with E-state index in [1.54, 1.807) is 0 Å². The SMILES string of the molecule is O=C(CCC1CCCC1)Nc1cc([N+](=O)[O-])ccc1F. The van der Waals surface area contributed by atoms with Crippen molar-refractivity contribution in [3.8, 4) is 0 Å². The summed E-state index contributed by atoms with van der Waals surface area (Å²) in [7, 11) is 0. The quantitative estimate of drug-likeness (QED) is 0.661. The van der Waals surface area contributed by atoms with E-state index in [1.165, 1.54) is 12.8 Å². The van der Waals surface area contributed by atoms with Crippen molar-refractivity contribution < 1.29 is 14.1 Å². The number of anilines is 1. The van der Waals surface area contributed by atoms with Crippen molar-refractivity contribution in [1.29, 1.82) is 0 Å². The van der Waals surface area contributed by atoms with Gasteiger partial charge in [-0.2, -0.15) is 0 Å². The number of benzene rings is 1. The molecule has 6 heteroatoms. The highest BCUT2D eigenvalue weighted by atomic mass is 19.1. The lowest BCUT2D eigenvalue weighted by atomic mass is 10.0. The molecule has 0 saturated heterocycles. The molecule has 0 bridgehead atoms. The van der Waals surface area contributed by atoms with Crippen LogP contribution in [0.4, 0.5) is 15.8 Å². The summed E-state index contributed by atoms with van der Waals surface area (Å²) in [5.74, 6) is -0.378. The third kappa shape index (κ3) is 3.76. The van der Waals surface area contributed by atoms with Crippen LogP contribution in [0.15, 0.2) is 18.2 Å². The summed E-state index contributed by atoms with van der Waals surface area (Å²) in [6.45, 7) is 0. The molecule has 20 heavy (non-hydrogen) atoms. The minimum absolute atomic E-state index is 0.129. The average molecular weight is 280 g/mol. The zero-order chi connectivity index (χ0) is 14.5. The molecule has 1 aromatic rings. The second-order valence-corrected chi connectivity index (χ2v) is 5.16. The number of hydrogen-bond donors (Lipinski definition) is 1. The van der Waals surface area contributed by atoms with Gasteiger partial charge < -0.3 is 5.32 Å². The minimum atomic E-state index is -0.662. The van der Waals surface area contributed by atoms with Gasteiger partial charge in [0, 0.05) is 18.6 Å². The van der Waals surface area contributed by atoms with Gasteiger partial charge in [-0.1, -0.05) is 25.7 Å². The molecule has 1 amide bonds. The summed E-state index contributed by atoms with van der Waals surface area (Å²) < 4.78 is 13.5. The number of hydrogen-bond acceptors (Lipinski definition) is 3. The Kier molecular flexibility index (Phi) is 4.65. The highest BCUT2D eigenvalue weighted by molar-refractivity contribution is 5.91. The van der Waals surface area contributed by atoms with Crippen LogP contribution in [0.2, 0.25) is 0 Å². The van der Waals surface area contributed by atoms with Crippen LogP contribution in [0.5, 0.6) is 0 Å². The smallest absolute Gasteiger partial charge is 0.271 e. The van der Waals surface area contributed by atoms with Crippen LogP contribution in [0.1, 0.15) is 38.5 Å². The van der Waals surface area contributed by atoms with Crippen molar-refractivity contribution in [2.24, 2.45) is 5.92 Å². The third-order valence-electron chi connectivity index (χ3n) is 3.69. The number of nitro groups is 1. The Balaban J connectivity index is 1.92. The van der Waals surface area contributed by atoms with Gasteiger partial charge in [-0.3, -0.25) is 14.9 Å². The van der Waals surface area contributed by atoms with Crippen LogP contribution in [0.3, 0.4) is 0 Å². The summed E-state index contributed by atoms with van der Waals surface area (Å²) >= 11 is 0. The molecule has 0 aliphatic heterocycles. The van der Waals surface area contributed by atoms with Gasteiger partial charge in [0.05, 0.1) is 10.6 Å². The van der Waals surface area contributed by atoms with Crippen LogP contribution in [-0.4, -0.2) is 10.8 Å². The number of rotatable bonds is 5. The van der Waals surface area contributed by atoms with E-state index in [0.717, 1.165) is 37.5 Å². The van der Waals surface area contributed by atoms with Gasteiger partial charge in [-0.25, -0.2) is 4.39 Å². The molecule has 0 spiro atoms. The Morgan fingerprint density at radius 2 is 2.10 bits per heavy atom. The molecule has 108 valence electrons. The van der Waals surface area contributed by atoms with Crippen molar-refractivity contribution in [2.75, 3.05) is 5.32 Å². The molecule has 1 saturated carbocycles. The van der Waals surface area contributed by atoms with Crippen LogP contribution in [-0.2, 0) is 4.79 Å². The number of non-ortho nitro benzene ring substituents is 1. The fraction of sp³-hybridized carbons (Fsp3) is 0.500. The molecule has 1 fully saturated rings. The lowest BCUT2D eigenvalue weighted by Crippen LogP contribution is -2.14. The Morgan fingerprint density at radius 1 is 1.40 bits per heavy atom. The van der Waals surface area contributed by atoms with Gasteiger partial charge in [-0.15, -0.1) is 0 Å².